The van der Waals surface area contributed by atoms with Crippen molar-refractivity contribution < 1.29 is 19.4 Å². The Balaban J connectivity index is 1.66. The zero-order chi connectivity index (χ0) is 22.1. The standard InChI is InChI=1S/C27H32O4/c1-24(2)20-15-16-26(24,21(17-20)30-23(28)22-25(3,4)31-22)27(29,18-11-7-5-8-12-18)19-13-9-6-10-14-19/h5-14,20-22,29H,15-17H2,1-4H3/t20-,21-,22-,26-/m1/s1. The van der Waals surface area contributed by atoms with Gasteiger partial charge in [0.25, 0.3) is 0 Å². The van der Waals surface area contributed by atoms with E-state index in [0.29, 0.717) is 5.92 Å². The molecule has 2 aliphatic carbocycles. The highest BCUT2D eigenvalue weighted by Gasteiger charge is 2.74. The minimum atomic E-state index is -1.28. The Bertz CT molecular complexity index is 941. The van der Waals surface area contributed by atoms with E-state index in [-0.39, 0.29) is 17.5 Å². The van der Waals surface area contributed by atoms with Crippen LogP contribution >= 0.6 is 0 Å². The molecule has 2 saturated carbocycles. The van der Waals surface area contributed by atoms with E-state index < -0.39 is 22.7 Å². The van der Waals surface area contributed by atoms with Gasteiger partial charge in [-0.1, -0.05) is 74.5 Å². The van der Waals surface area contributed by atoms with Crippen LogP contribution in [0.1, 0.15) is 58.1 Å². The van der Waals surface area contributed by atoms with Crippen LogP contribution in [-0.4, -0.2) is 28.9 Å². The molecule has 0 aromatic heterocycles. The number of esters is 1. The molecular formula is C27H32O4. The molecule has 4 heteroatoms. The highest BCUT2D eigenvalue weighted by molar-refractivity contribution is 5.79. The van der Waals surface area contributed by atoms with Crippen LogP contribution in [0.15, 0.2) is 60.7 Å². The number of hydrogen-bond acceptors (Lipinski definition) is 4. The van der Waals surface area contributed by atoms with Gasteiger partial charge in [-0.15, -0.1) is 0 Å². The molecule has 31 heavy (non-hydrogen) atoms. The topological polar surface area (TPSA) is 59.1 Å². The second-order valence-electron chi connectivity index (χ2n) is 10.6. The van der Waals surface area contributed by atoms with Crippen molar-refractivity contribution >= 4 is 5.97 Å². The van der Waals surface area contributed by atoms with Gasteiger partial charge in [0.2, 0.25) is 0 Å². The van der Waals surface area contributed by atoms with Gasteiger partial charge in [-0.25, -0.2) is 4.79 Å². The van der Waals surface area contributed by atoms with E-state index in [4.69, 9.17) is 9.47 Å². The lowest BCUT2D eigenvalue weighted by Crippen LogP contribution is -2.57. The van der Waals surface area contributed by atoms with E-state index in [1.165, 1.54) is 0 Å². The van der Waals surface area contributed by atoms with E-state index in [1.54, 1.807) is 0 Å². The number of rotatable bonds is 5. The van der Waals surface area contributed by atoms with Crippen LogP contribution in [0, 0.1) is 16.7 Å². The van der Waals surface area contributed by atoms with Gasteiger partial charge >= 0.3 is 5.97 Å². The predicted molar refractivity (Wildman–Crippen MR) is 118 cm³/mol. The SMILES string of the molecule is CC1(C)O[C@@H]1C(=O)O[C@@H]1C[C@H]2CC[C@]1(C(O)(c1ccccc1)c1ccccc1)C2(C)C. The molecule has 0 spiro atoms. The number of hydrogen-bond donors (Lipinski definition) is 1. The number of benzene rings is 2. The smallest absolute Gasteiger partial charge is 0.338 e. The summed E-state index contributed by atoms with van der Waals surface area (Å²) in [5.74, 6) is 0.0820. The van der Waals surface area contributed by atoms with Crippen molar-refractivity contribution in [3.05, 3.63) is 71.8 Å². The average Bonchev–Trinajstić information content (AvgIpc) is 3.26. The fourth-order valence-corrected chi connectivity index (χ4v) is 6.77. The van der Waals surface area contributed by atoms with E-state index >= 15 is 0 Å². The van der Waals surface area contributed by atoms with Crippen molar-refractivity contribution in [2.24, 2.45) is 16.7 Å². The summed E-state index contributed by atoms with van der Waals surface area (Å²) >= 11 is 0. The fourth-order valence-electron chi connectivity index (χ4n) is 6.77. The van der Waals surface area contributed by atoms with Gasteiger partial charge in [0, 0.05) is 5.41 Å². The lowest BCUT2D eigenvalue weighted by atomic mass is 9.54. The third-order valence-electron chi connectivity index (χ3n) is 8.60. The second kappa shape index (κ2) is 6.66. The monoisotopic (exact) mass is 420 g/mol. The van der Waals surface area contributed by atoms with Crippen LogP contribution in [0.5, 0.6) is 0 Å². The van der Waals surface area contributed by atoms with Gasteiger partial charge in [0.1, 0.15) is 17.3 Å². The third kappa shape index (κ3) is 2.71. The Morgan fingerprint density at radius 1 is 1.00 bits per heavy atom. The zero-order valence-corrected chi connectivity index (χ0v) is 18.8. The fraction of sp³-hybridized carbons (Fsp3) is 0.519. The molecule has 3 fully saturated rings. The maximum Gasteiger partial charge on any atom is 0.338 e. The highest BCUT2D eigenvalue weighted by atomic mass is 16.7. The second-order valence-corrected chi connectivity index (χ2v) is 10.6. The van der Waals surface area contributed by atoms with Crippen LogP contribution in [0.4, 0.5) is 0 Å². The Labute approximate surface area is 184 Å². The largest absolute Gasteiger partial charge is 0.460 e. The number of epoxide rings is 1. The molecule has 1 heterocycles. The summed E-state index contributed by atoms with van der Waals surface area (Å²) in [5.41, 5.74) is -0.899. The van der Waals surface area contributed by atoms with Gasteiger partial charge in [-0.2, -0.15) is 0 Å². The average molecular weight is 421 g/mol. The molecule has 0 unspecified atom stereocenters. The van der Waals surface area contributed by atoms with Crippen molar-refractivity contribution in [3.63, 3.8) is 0 Å². The first-order chi connectivity index (χ1) is 14.6. The Morgan fingerprint density at radius 2 is 1.52 bits per heavy atom. The molecule has 1 saturated heterocycles. The van der Waals surface area contributed by atoms with Crippen LogP contribution in [0.3, 0.4) is 0 Å². The Morgan fingerprint density at radius 3 is 1.97 bits per heavy atom. The molecule has 2 aromatic carbocycles. The number of fused-ring (bicyclic) bond motifs is 2. The number of aliphatic hydroxyl groups is 1. The lowest BCUT2D eigenvalue weighted by molar-refractivity contribution is -0.185. The first-order valence-electron chi connectivity index (χ1n) is 11.4. The molecule has 2 aromatic rings. The molecule has 4 nitrogen and oxygen atoms in total. The van der Waals surface area contributed by atoms with Crippen molar-refractivity contribution in [1.29, 1.82) is 0 Å². The van der Waals surface area contributed by atoms with Gasteiger partial charge in [0.05, 0.1) is 0 Å². The minimum Gasteiger partial charge on any atom is -0.460 e. The number of carbonyl (C=O) groups is 1. The first-order valence-corrected chi connectivity index (χ1v) is 11.4. The summed E-state index contributed by atoms with van der Waals surface area (Å²) in [6.07, 6.45) is 1.70. The van der Waals surface area contributed by atoms with Gasteiger partial charge < -0.3 is 14.6 Å². The van der Waals surface area contributed by atoms with Gasteiger partial charge in [-0.3, -0.25) is 0 Å². The lowest BCUT2D eigenvalue weighted by Gasteiger charge is -2.53. The van der Waals surface area contributed by atoms with Gasteiger partial charge in [-0.05, 0) is 55.6 Å². The summed E-state index contributed by atoms with van der Waals surface area (Å²) in [4.78, 5) is 13.0. The molecule has 1 N–H and O–H groups in total. The van der Waals surface area contributed by atoms with E-state index in [0.717, 1.165) is 30.4 Å². The maximum absolute atomic E-state index is 13.0. The number of carbonyl (C=O) groups excluding carboxylic acids is 1. The summed E-state index contributed by atoms with van der Waals surface area (Å²) in [6.45, 7) is 8.30. The maximum atomic E-state index is 13.0. The summed E-state index contributed by atoms with van der Waals surface area (Å²) in [7, 11) is 0. The normalized spacial score (nSPS) is 32.6. The van der Waals surface area contributed by atoms with E-state index in [1.807, 2.05) is 74.5 Å². The van der Waals surface area contributed by atoms with Crippen LogP contribution in [0.25, 0.3) is 0 Å². The zero-order valence-electron chi connectivity index (χ0n) is 18.8. The molecule has 5 rings (SSSR count). The van der Waals surface area contributed by atoms with Crippen molar-refractivity contribution in [2.75, 3.05) is 0 Å². The Kier molecular flexibility index (Phi) is 4.45. The molecule has 4 atom stereocenters. The Hall–Kier alpha value is -2.17. The molecule has 3 aliphatic rings. The van der Waals surface area contributed by atoms with Crippen LogP contribution in [0.2, 0.25) is 0 Å². The van der Waals surface area contributed by atoms with Crippen LogP contribution < -0.4 is 0 Å². The minimum absolute atomic E-state index is 0.210. The van der Waals surface area contributed by atoms with Gasteiger partial charge in [0.15, 0.2) is 6.10 Å². The molecule has 0 amide bonds. The molecule has 1 aliphatic heterocycles. The quantitative estimate of drug-likeness (QED) is 0.556. The van der Waals surface area contributed by atoms with Crippen LogP contribution in [-0.2, 0) is 19.9 Å². The van der Waals surface area contributed by atoms with Crippen molar-refractivity contribution in [2.45, 2.75) is 70.4 Å². The third-order valence-corrected chi connectivity index (χ3v) is 8.60. The van der Waals surface area contributed by atoms with Crippen molar-refractivity contribution in [3.8, 4) is 0 Å². The summed E-state index contributed by atoms with van der Waals surface area (Å²) in [5, 5.41) is 12.8. The summed E-state index contributed by atoms with van der Waals surface area (Å²) in [6, 6.07) is 19.8. The molecule has 2 bridgehead atoms. The highest BCUT2D eigenvalue weighted by Crippen LogP contribution is 2.73. The molecular weight excluding hydrogens is 388 g/mol. The van der Waals surface area contributed by atoms with Crippen molar-refractivity contribution in [1.82, 2.24) is 0 Å². The number of ether oxygens (including phenoxy) is 2. The molecule has 0 radical (unpaired) electrons. The van der Waals surface area contributed by atoms with E-state index in [2.05, 4.69) is 13.8 Å². The predicted octanol–water partition coefficient (Wildman–Crippen LogP) is 4.84. The first kappa shape index (κ1) is 20.7. The molecule has 164 valence electrons. The van der Waals surface area contributed by atoms with E-state index in [9.17, 15) is 9.90 Å². The summed E-state index contributed by atoms with van der Waals surface area (Å²) < 4.78 is 11.8.